The summed E-state index contributed by atoms with van der Waals surface area (Å²) in [4.78, 5) is 11.8. The summed E-state index contributed by atoms with van der Waals surface area (Å²) in [6.45, 7) is 2.63. The average Bonchev–Trinajstić information content (AvgIpc) is 3.22. The maximum atomic E-state index is 11.8. The van der Waals surface area contributed by atoms with Gasteiger partial charge in [0, 0.05) is 18.9 Å². The molecule has 0 atom stereocenters. The molecular formula is C17H19N5O. The van der Waals surface area contributed by atoms with Crippen LogP contribution >= 0.6 is 0 Å². The van der Waals surface area contributed by atoms with Gasteiger partial charge < -0.3 is 5.32 Å². The molecule has 1 amide bonds. The average molecular weight is 309 g/mol. The number of carbonyl (C=O) groups excluding carboxylic acids is 1. The second-order valence-corrected chi connectivity index (χ2v) is 5.35. The number of carbonyl (C=O) groups is 1. The summed E-state index contributed by atoms with van der Waals surface area (Å²) in [5.74, 6) is -0.126. The molecule has 6 nitrogen and oxygen atoms in total. The van der Waals surface area contributed by atoms with Crippen LogP contribution in [0.3, 0.4) is 0 Å². The van der Waals surface area contributed by atoms with Gasteiger partial charge in [-0.2, -0.15) is 10.2 Å². The number of nitrogens with zero attached hydrogens (tertiary/aromatic N) is 3. The van der Waals surface area contributed by atoms with E-state index in [1.54, 1.807) is 12.3 Å². The topological polar surface area (TPSA) is 75.6 Å². The first-order chi connectivity index (χ1) is 11.2. The van der Waals surface area contributed by atoms with Crippen LogP contribution in [0.2, 0.25) is 0 Å². The number of hydrogen-bond donors (Lipinski definition) is 2. The number of benzene rings is 1. The highest BCUT2D eigenvalue weighted by Gasteiger charge is 2.08. The summed E-state index contributed by atoms with van der Waals surface area (Å²) in [5.41, 5.74) is 3.76. The summed E-state index contributed by atoms with van der Waals surface area (Å²) in [6, 6.07) is 11.7. The quantitative estimate of drug-likeness (QED) is 0.686. The van der Waals surface area contributed by atoms with E-state index >= 15 is 0 Å². The maximum Gasteiger partial charge on any atom is 0.269 e. The van der Waals surface area contributed by atoms with Crippen molar-refractivity contribution in [2.45, 2.75) is 19.8 Å². The molecule has 0 aliphatic rings. The summed E-state index contributed by atoms with van der Waals surface area (Å²) >= 11 is 0. The van der Waals surface area contributed by atoms with Crippen LogP contribution in [-0.2, 0) is 6.42 Å². The zero-order chi connectivity index (χ0) is 16.1. The minimum atomic E-state index is -0.126. The Labute approximate surface area is 134 Å². The molecule has 6 heteroatoms. The van der Waals surface area contributed by atoms with Crippen molar-refractivity contribution in [1.29, 1.82) is 0 Å². The first-order valence-electron chi connectivity index (χ1n) is 7.62. The summed E-state index contributed by atoms with van der Waals surface area (Å²) in [6.07, 6.45) is 5.36. The predicted molar refractivity (Wildman–Crippen MR) is 87.5 cm³/mol. The van der Waals surface area contributed by atoms with Crippen molar-refractivity contribution < 1.29 is 4.79 Å². The Hall–Kier alpha value is -2.89. The molecule has 0 aliphatic heterocycles. The number of aryl methyl sites for hydroxylation is 2. The number of aromatic nitrogens is 4. The Bertz CT molecular complexity index is 762. The molecule has 0 radical (unpaired) electrons. The van der Waals surface area contributed by atoms with Gasteiger partial charge >= 0.3 is 0 Å². The molecule has 23 heavy (non-hydrogen) atoms. The van der Waals surface area contributed by atoms with Crippen LogP contribution in [0.25, 0.3) is 5.69 Å². The molecule has 0 aliphatic carbocycles. The molecule has 2 aromatic heterocycles. The normalized spacial score (nSPS) is 10.7. The fourth-order valence-corrected chi connectivity index (χ4v) is 2.41. The highest BCUT2D eigenvalue weighted by Crippen LogP contribution is 2.13. The first kappa shape index (κ1) is 15.0. The van der Waals surface area contributed by atoms with Crippen molar-refractivity contribution in [2.24, 2.45) is 0 Å². The van der Waals surface area contributed by atoms with Gasteiger partial charge in [-0.25, -0.2) is 4.68 Å². The number of amides is 1. The molecule has 0 saturated heterocycles. The van der Waals surface area contributed by atoms with Crippen LogP contribution < -0.4 is 5.32 Å². The second kappa shape index (κ2) is 6.91. The second-order valence-electron chi connectivity index (χ2n) is 5.35. The maximum absolute atomic E-state index is 11.8. The first-order valence-corrected chi connectivity index (χ1v) is 7.62. The summed E-state index contributed by atoms with van der Waals surface area (Å²) in [7, 11) is 0. The number of hydrogen-bond acceptors (Lipinski definition) is 3. The monoisotopic (exact) mass is 309 g/mol. The Kier molecular flexibility index (Phi) is 4.52. The Morgan fingerprint density at radius 3 is 2.83 bits per heavy atom. The third-order valence-corrected chi connectivity index (χ3v) is 3.68. The van der Waals surface area contributed by atoms with E-state index in [-0.39, 0.29) is 5.91 Å². The fourth-order valence-electron chi connectivity index (χ4n) is 2.41. The summed E-state index contributed by atoms with van der Waals surface area (Å²) < 4.78 is 1.90. The summed E-state index contributed by atoms with van der Waals surface area (Å²) in [5, 5.41) is 13.8. The molecule has 1 aromatic carbocycles. The molecule has 0 saturated carbocycles. The molecule has 2 heterocycles. The number of para-hydroxylation sites is 1. The molecule has 3 aromatic rings. The SMILES string of the molecule is Cc1nn(-c2ccccc2)cc1CCCNC(=O)c1ccn[nH]1. The van der Waals surface area contributed by atoms with E-state index in [0.717, 1.165) is 24.2 Å². The van der Waals surface area contributed by atoms with Crippen molar-refractivity contribution >= 4 is 5.91 Å². The molecular weight excluding hydrogens is 290 g/mol. The lowest BCUT2D eigenvalue weighted by atomic mass is 10.1. The third kappa shape index (κ3) is 3.66. The predicted octanol–water partition coefficient (Wildman–Crippen LogP) is 2.27. The Balaban J connectivity index is 1.53. The van der Waals surface area contributed by atoms with E-state index in [0.29, 0.717) is 12.2 Å². The molecule has 0 unspecified atom stereocenters. The number of nitrogens with one attached hydrogen (secondary N) is 2. The lowest BCUT2D eigenvalue weighted by molar-refractivity contribution is 0.0948. The van der Waals surface area contributed by atoms with E-state index in [1.807, 2.05) is 41.9 Å². The van der Waals surface area contributed by atoms with Gasteiger partial charge in [0.25, 0.3) is 5.91 Å². The van der Waals surface area contributed by atoms with Gasteiger partial charge in [0.2, 0.25) is 0 Å². The Morgan fingerprint density at radius 1 is 1.26 bits per heavy atom. The van der Waals surface area contributed by atoms with Gasteiger partial charge in [-0.15, -0.1) is 0 Å². The lowest BCUT2D eigenvalue weighted by Crippen LogP contribution is -2.25. The standard InChI is InChI=1S/C17H19N5O/c1-13-14(12-22(21-13)15-7-3-2-4-8-15)6-5-10-18-17(23)16-9-11-19-20-16/h2-4,7-9,11-12H,5-6,10H2,1H3,(H,18,23)(H,19,20). The van der Waals surface area contributed by atoms with E-state index in [4.69, 9.17) is 0 Å². The van der Waals surface area contributed by atoms with Crippen LogP contribution in [-0.4, -0.2) is 32.4 Å². The van der Waals surface area contributed by atoms with Crippen LogP contribution in [0, 0.1) is 6.92 Å². The van der Waals surface area contributed by atoms with E-state index < -0.39 is 0 Å². The minimum absolute atomic E-state index is 0.126. The molecule has 118 valence electrons. The highest BCUT2D eigenvalue weighted by molar-refractivity contribution is 5.92. The molecule has 3 rings (SSSR count). The van der Waals surface area contributed by atoms with Gasteiger partial charge in [-0.3, -0.25) is 9.89 Å². The van der Waals surface area contributed by atoms with Gasteiger partial charge in [0.15, 0.2) is 0 Å². The van der Waals surface area contributed by atoms with Crippen LogP contribution in [0.5, 0.6) is 0 Å². The van der Waals surface area contributed by atoms with E-state index in [2.05, 4.69) is 26.8 Å². The highest BCUT2D eigenvalue weighted by atomic mass is 16.1. The van der Waals surface area contributed by atoms with Crippen molar-refractivity contribution in [3.05, 3.63) is 65.7 Å². The molecule has 0 bridgehead atoms. The number of aromatic amines is 1. The molecule has 2 N–H and O–H groups in total. The fraction of sp³-hybridized carbons (Fsp3) is 0.235. The van der Waals surface area contributed by atoms with E-state index in [9.17, 15) is 4.79 Å². The lowest BCUT2D eigenvalue weighted by Gasteiger charge is -2.03. The van der Waals surface area contributed by atoms with Crippen LogP contribution in [0.4, 0.5) is 0 Å². The van der Waals surface area contributed by atoms with Gasteiger partial charge in [-0.1, -0.05) is 18.2 Å². The van der Waals surface area contributed by atoms with Gasteiger partial charge in [-0.05, 0) is 43.5 Å². The zero-order valence-corrected chi connectivity index (χ0v) is 13.0. The largest absolute Gasteiger partial charge is 0.351 e. The molecule has 0 fully saturated rings. The van der Waals surface area contributed by atoms with Gasteiger partial charge in [0.05, 0.1) is 11.4 Å². The number of H-pyrrole nitrogens is 1. The minimum Gasteiger partial charge on any atom is -0.351 e. The Morgan fingerprint density at radius 2 is 2.09 bits per heavy atom. The van der Waals surface area contributed by atoms with Gasteiger partial charge in [0.1, 0.15) is 5.69 Å². The number of rotatable bonds is 6. The van der Waals surface area contributed by atoms with Crippen molar-refractivity contribution in [1.82, 2.24) is 25.3 Å². The van der Waals surface area contributed by atoms with Crippen LogP contribution in [0.1, 0.15) is 28.2 Å². The molecule has 0 spiro atoms. The third-order valence-electron chi connectivity index (χ3n) is 3.68. The van der Waals surface area contributed by atoms with E-state index in [1.165, 1.54) is 5.56 Å². The zero-order valence-electron chi connectivity index (χ0n) is 13.0. The van der Waals surface area contributed by atoms with Crippen molar-refractivity contribution in [3.63, 3.8) is 0 Å². The van der Waals surface area contributed by atoms with Crippen molar-refractivity contribution in [3.8, 4) is 5.69 Å². The van der Waals surface area contributed by atoms with Crippen molar-refractivity contribution in [2.75, 3.05) is 6.54 Å². The smallest absolute Gasteiger partial charge is 0.269 e. The van der Waals surface area contributed by atoms with Crippen LogP contribution in [0.15, 0.2) is 48.8 Å².